The first-order valence-electron chi connectivity index (χ1n) is 6.03. The lowest BCUT2D eigenvalue weighted by Gasteiger charge is -2.06. The monoisotopic (exact) mass is 229 g/mol. The summed E-state index contributed by atoms with van der Waals surface area (Å²) < 4.78 is 0. The fourth-order valence-corrected chi connectivity index (χ4v) is 2.04. The first-order chi connectivity index (χ1) is 8.13. The predicted molar refractivity (Wildman–Crippen MR) is 71.9 cm³/mol. The van der Waals surface area contributed by atoms with Gasteiger partial charge in [0.25, 0.3) is 0 Å². The lowest BCUT2D eigenvalue weighted by Crippen LogP contribution is -1.92. The fraction of sp³-hybridized carbons (Fsp3) is 0.357. The number of nitrogen functional groups attached to an aromatic ring is 1. The van der Waals surface area contributed by atoms with Gasteiger partial charge < -0.3 is 5.73 Å². The summed E-state index contributed by atoms with van der Waals surface area (Å²) in [7, 11) is 0. The highest BCUT2D eigenvalue weighted by atomic mass is 15.2. The van der Waals surface area contributed by atoms with Crippen LogP contribution in [0, 0.1) is 13.8 Å². The van der Waals surface area contributed by atoms with Crippen molar-refractivity contribution in [3.63, 3.8) is 0 Å². The molecule has 2 rings (SSSR count). The Morgan fingerprint density at radius 3 is 2.65 bits per heavy atom. The number of hydrogen-bond acceptors (Lipinski definition) is 2. The molecule has 0 radical (unpaired) electrons. The molecule has 1 aromatic carbocycles. The Morgan fingerprint density at radius 2 is 2.00 bits per heavy atom. The molecule has 3 N–H and O–H groups in total. The van der Waals surface area contributed by atoms with Crippen LogP contribution >= 0.6 is 0 Å². The minimum atomic E-state index is 0.594. The number of nitrogens with one attached hydrogen (secondary N) is 1. The summed E-state index contributed by atoms with van der Waals surface area (Å²) in [6.45, 7) is 6.39. The average Bonchev–Trinajstić information content (AvgIpc) is 2.65. The minimum absolute atomic E-state index is 0.594. The van der Waals surface area contributed by atoms with Crippen LogP contribution in [0.1, 0.15) is 30.2 Å². The molecule has 0 aliphatic carbocycles. The zero-order valence-corrected chi connectivity index (χ0v) is 10.7. The van der Waals surface area contributed by atoms with Crippen LogP contribution in [-0.4, -0.2) is 10.2 Å². The molecule has 0 bridgehead atoms. The predicted octanol–water partition coefficient (Wildman–Crippen LogP) is 3.23. The molecule has 0 unspecified atom stereocenters. The zero-order chi connectivity index (χ0) is 12.4. The lowest BCUT2D eigenvalue weighted by molar-refractivity contribution is 0.869. The Bertz CT molecular complexity index is 526. The molecule has 0 aliphatic rings. The summed E-state index contributed by atoms with van der Waals surface area (Å²) in [4.78, 5) is 0. The van der Waals surface area contributed by atoms with E-state index in [-0.39, 0.29) is 0 Å². The molecular formula is C14H19N3. The molecule has 0 fully saturated rings. The van der Waals surface area contributed by atoms with E-state index in [2.05, 4.69) is 49.2 Å². The Hall–Kier alpha value is -1.77. The summed E-state index contributed by atoms with van der Waals surface area (Å²) in [5.41, 5.74) is 11.9. The normalized spacial score (nSPS) is 10.8. The van der Waals surface area contributed by atoms with Crippen molar-refractivity contribution in [1.29, 1.82) is 0 Å². The van der Waals surface area contributed by atoms with E-state index in [4.69, 9.17) is 5.73 Å². The number of aromatic amines is 1. The first kappa shape index (κ1) is 11.7. The number of benzene rings is 1. The third-order valence-electron chi connectivity index (χ3n) is 3.16. The summed E-state index contributed by atoms with van der Waals surface area (Å²) in [5.74, 6) is 0.594. The molecule has 3 nitrogen and oxygen atoms in total. The number of aromatic nitrogens is 2. The van der Waals surface area contributed by atoms with Crippen LogP contribution in [0.15, 0.2) is 18.2 Å². The third kappa shape index (κ3) is 2.18. The van der Waals surface area contributed by atoms with Gasteiger partial charge in [-0.2, -0.15) is 5.10 Å². The van der Waals surface area contributed by atoms with E-state index in [1.807, 2.05) is 0 Å². The molecule has 0 saturated carbocycles. The van der Waals surface area contributed by atoms with Crippen molar-refractivity contribution >= 4 is 5.82 Å². The molecule has 1 heterocycles. The molecule has 2 aromatic rings. The van der Waals surface area contributed by atoms with Crippen molar-refractivity contribution < 1.29 is 0 Å². The van der Waals surface area contributed by atoms with Gasteiger partial charge in [0.05, 0.1) is 0 Å². The molecule has 1 aromatic heterocycles. The zero-order valence-electron chi connectivity index (χ0n) is 10.7. The minimum Gasteiger partial charge on any atom is -0.382 e. The van der Waals surface area contributed by atoms with E-state index in [0.717, 1.165) is 29.7 Å². The molecule has 0 atom stereocenters. The van der Waals surface area contributed by atoms with Crippen LogP contribution in [0.5, 0.6) is 0 Å². The van der Waals surface area contributed by atoms with Crippen molar-refractivity contribution in [3.8, 4) is 11.1 Å². The number of nitrogens with zero attached hydrogens (tertiary/aromatic N) is 1. The van der Waals surface area contributed by atoms with Gasteiger partial charge in [0.15, 0.2) is 5.82 Å². The highest BCUT2D eigenvalue weighted by Crippen LogP contribution is 2.29. The molecular weight excluding hydrogens is 210 g/mol. The summed E-state index contributed by atoms with van der Waals surface area (Å²) in [6.07, 6.45) is 2.06. The summed E-state index contributed by atoms with van der Waals surface area (Å²) >= 11 is 0. The van der Waals surface area contributed by atoms with Crippen LogP contribution in [0.25, 0.3) is 11.1 Å². The van der Waals surface area contributed by atoms with Gasteiger partial charge in [-0.1, -0.05) is 31.5 Å². The Kier molecular flexibility index (Phi) is 3.18. The SMILES string of the molecule is CCCc1[nH]nc(N)c1-c1ccc(C)c(C)c1. The van der Waals surface area contributed by atoms with E-state index < -0.39 is 0 Å². The molecule has 0 amide bonds. The number of anilines is 1. The Morgan fingerprint density at radius 1 is 1.24 bits per heavy atom. The van der Waals surface area contributed by atoms with Crippen molar-refractivity contribution in [2.75, 3.05) is 5.73 Å². The second-order valence-corrected chi connectivity index (χ2v) is 4.51. The number of H-pyrrole nitrogens is 1. The van der Waals surface area contributed by atoms with Crippen LogP contribution < -0.4 is 5.73 Å². The van der Waals surface area contributed by atoms with Crippen LogP contribution in [0.3, 0.4) is 0 Å². The van der Waals surface area contributed by atoms with E-state index >= 15 is 0 Å². The van der Waals surface area contributed by atoms with E-state index in [1.165, 1.54) is 11.1 Å². The van der Waals surface area contributed by atoms with Gasteiger partial charge in [-0.25, -0.2) is 0 Å². The quantitative estimate of drug-likeness (QED) is 0.849. The lowest BCUT2D eigenvalue weighted by atomic mass is 9.99. The fourth-order valence-electron chi connectivity index (χ4n) is 2.04. The van der Waals surface area contributed by atoms with Crippen molar-refractivity contribution in [3.05, 3.63) is 35.0 Å². The molecule has 90 valence electrons. The Balaban J connectivity index is 2.51. The third-order valence-corrected chi connectivity index (χ3v) is 3.16. The first-order valence-corrected chi connectivity index (χ1v) is 6.03. The number of nitrogens with two attached hydrogens (primary N) is 1. The van der Waals surface area contributed by atoms with E-state index in [1.54, 1.807) is 0 Å². The molecule has 0 spiro atoms. The van der Waals surface area contributed by atoms with E-state index in [0.29, 0.717) is 5.82 Å². The summed E-state index contributed by atoms with van der Waals surface area (Å²) in [6, 6.07) is 6.42. The van der Waals surface area contributed by atoms with Gasteiger partial charge in [-0.05, 0) is 37.0 Å². The van der Waals surface area contributed by atoms with Crippen molar-refractivity contribution in [1.82, 2.24) is 10.2 Å². The largest absolute Gasteiger partial charge is 0.382 e. The second kappa shape index (κ2) is 4.62. The van der Waals surface area contributed by atoms with Crippen molar-refractivity contribution in [2.24, 2.45) is 0 Å². The Labute approximate surface area is 102 Å². The second-order valence-electron chi connectivity index (χ2n) is 4.51. The van der Waals surface area contributed by atoms with Crippen molar-refractivity contribution in [2.45, 2.75) is 33.6 Å². The average molecular weight is 229 g/mol. The van der Waals surface area contributed by atoms with E-state index in [9.17, 15) is 0 Å². The molecule has 3 heteroatoms. The topological polar surface area (TPSA) is 54.7 Å². The van der Waals surface area contributed by atoms with Crippen LogP contribution in [-0.2, 0) is 6.42 Å². The smallest absolute Gasteiger partial charge is 0.153 e. The molecule has 17 heavy (non-hydrogen) atoms. The number of hydrogen-bond donors (Lipinski definition) is 2. The van der Waals surface area contributed by atoms with Gasteiger partial charge in [0, 0.05) is 11.3 Å². The maximum atomic E-state index is 5.95. The highest BCUT2D eigenvalue weighted by Gasteiger charge is 2.12. The standard InChI is InChI=1S/C14H19N3/c1-4-5-12-13(14(15)17-16-12)11-7-6-9(2)10(3)8-11/h6-8H,4-5H2,1-3H3,(H3,15,16,17). The van der Waals surface area contributed by atoms with Crippen LogP contribution in [0.4, 0.5) is 5.82 Å². The maximum Gasteiger partial charge on any atom is 0.153 e. The van der Waals surface area contributed by atoms with Gasteiger partial charge >= 0.3 is 0 Å². The summed E-state index contributed by atoms with van der Waals surface area (Å²) in [5, 5.41) is 7.15. The van der Waals surface area contributed by atoms with Gasteiger partial charge in [-0.3, -0.25) is 5.10 Å². The number of rotatable bonds is 3. The van der Waals surface area contributed by atoms with Gasteiger partial charge in [-0.15, -0.1) is 0 Å². The molecule has 0 aliphatic heterocycles. The maximum absolute atomic E-state index is 5.95. The number of aryl methyl sites for hydroxylation is 3. The van der Waals surface area contributed by atoms with Gasteiger partial charge in [0.2, 0.25) is 0 Å². The molecule has 0 saturated heterocycles. The van der Waals surface area contributed by atoms with Crippen LogP contribution in [0.2, 0.25) is 0 Å². The highest BCUT2D eigenvalue weighted by molar-refractivity contribution is 5.76. The van der Waals surface area contributed by atoms with Gasteiger partial charge in [0.1, 0.15) is 0 Å².